The predicted molar refractivity (Wildman–Crippen MR) is 118 cm³/mol. The molecule has 2 aromatic rings. The molecule has 0 spiro atoms. The number of nitrogens with zero attached hydrogens (tertiary/aromatic N) is 4. The molecule has 10 heteroatoms. The summed E-state index contributed by atoms with van der Waals surface area (Å²) in [6, 6.07) is 8.71. The van der Waals surface area contributed by atoms with Gasteiger partial charge in [-0.2, -0.15) is 0 Å². The van der Waals surface area contributed by atoms with Gasteiger partial charge in [0.05, 0.1) is 11.5 Å². The van der Waals surface area contributed by atoms with E-state index in [0.29, 0.717) is 64.3 Å². The Morgan fingerprint density at radius 2 is 1.97 bits per heavy atom. The summed E-state index contributed by atoms with van der Waals surface area (Å²) in [6.07, 6.45) is 3.48. The fraction of sp³-hybridized carbons (Fsp3) is 0.409. The second kappa shape index (κ2) is 9.63. The molecule has 1 saturated heterocycles. The van der Waals surface area contributed by atoms with Crippen LogP contribution in [0, 0.1) is 10.1 Å². The molecule has 1 fully saturated rings. The Kier molecular flexibility index (Phi) is 6.48. The van der Waals surface area contributed by atoms with E-state index in [-0.39, 0.29) is 17.5 Å². The number of anilines is 2. The number of aryl methyl sites for hydroxylation is 1. The molecule has 168 valence electrons. The van der Waals surface area contributed by atoms with E-state index in [2.05, 4.69) is 10.3 Å². The fourth-order valence-corrected chi connectivity index (χ4v) is 3.88. The van der Waals surface area contributed by atoms with E-state index in [1.165, 1.54) is 12.3 Å². The third-order valence-corrected chi connectivity index (χ3v) is 5.68. The first-order chi connectivity index (χ1) is 15.5. The van der Waals surface area contributed by atoms with Gasteiger partial charge >= 0.3 is 0 Å². The monoisotopic (exact) mass is 439 g/mol. The van der Waals surface area contributed by atoms with Gasteiger partial charge in [-0.3, -0.25) is 19.7 Å². The van der Waals surface area contributed by atoms with Gasteiger partial charge in [-0.05, 0) is 42.7 Å². The van der Waals surface area contributed by atoms with E-state index in [9.17, 15) is 19.7 Å². The van der Waals surface area contributed by atoms with Gasteiger partial charge in [0.2, 0.25) is 11.8 Å². The zero-order valence-electron chi connectivity index (χ0n) is 17.7. The van der Waals surface area contributed by atoms with Gasteiger partial charge in [-0.1, -0.05) is 0 Å². The van der Waals surface area contributed by atoms with E-state index < -0.39 is 4.92 Å². The van der Waals surface area contributed by atoms with Crippen molar-refractivity contribution in [3.63, 3.8) is 0 Å². The Morgan fingerprint density at radius 3 is 2.69 bits per heavy atom. The van der Waals surface area contributed by atoms with Crippen molar-refractivity contribution >= 4 is 29.0 Å². The van der Waals surface area contributed by atoms with Gasteiger partial charge in [0.1, 0.15) is 17.8 Å². The Labute approximate surface area is 185 Å². The van der Waals surface area contributed by atoms with E-state index in [0.717, 1.165) is 17.0 Å². The van der Waals surface area contributed by atoms with Gasteiger partial charge in [0, 0.05) is 50.8 Å². The summed E-state index contributed by atoms with van der Waals surface area (Å²) >= 11 is 0. The van der Waals surface area contributed by atoms with Crippen LogP contribution in [0.2, 0.25) is 0 Å². The number of carbonyl (C=O) groups excluding carboxylic acids is 2. The number of hydrogen-bond donors (Lipinski definition) is 1. The molecule has 0 unspecified atom stereocenters. The van der Waals surface area contributed by atoms with Gasteiger partial charge < -0.3 is 19.9 Å². The van der Waals surface area contributed by atoms with Crippen molar-refractivity contribution in [3.8, 4) is 5.75 Å². The lowest BCUT2D eigenvalue weighted by Gasteiger charge is -2.35. The molecule has 1 aromatic heterocycles. The Balaban J connectivity index is 1.18. The molecule has 2 amide bonds. The van der Waals surface area contributed by atoms with Gasteiger partial charge in [0.15, 0.2) is 0 Å². The number of piperazine rings is 1. The quantitative estimate of drug-likeness (QED) is 0.400. The maximum Gasteiger partial charge on any atom is 0.287 e. The van der Waals surface area contributed by atoms with E-state index in [1.54, 1.807) is 6.07 Å². The highest BCUT2D eigenvalue weighted by Crippen LogP contribution is 2.27. The van der Waals surface area contributed by atoms with Crippen molar-refractivity contribution in [1.82, 2.24) is 9.88 Å². The van der Waals surface area contributed by atoms with Crippen molar-refractivity contribution in [2.75, 3.05) is 43.0 Å². The molecule has 2 aliphatic rings. The molecule has 1 aromatic carbocycles. The van der Waals surface area contributed by atoms with Crippen molar-refractivity contribution in [2.24, 2.45) is 0 Å². The van der Waals surface area contributed by atoms with E-state index in [4.69, 9.17) is 4.74 Å². The maximum atomic E-state index is 12.5. The first kappa shape index (κ1) is 21.5. The second-order valence-electron chi connectivity index (χ2n) is 7.82. The summed E-state index contributed by atoms with van der Waals surface area (Å²) in [5.74, 6) is 1.56. The molecular weight excluding hydrogens is 414 g/mol. The molecule has 0 aliphatic carbocycles. The first-order valence-electron chi connectivity index (χ1n) is 10.7. The van der Waals surface area contributed by atoms with Gasteiger partial charge in [-0.25, -0.2) is 4.98 Å². The Hall–Kier alpha value is -3.69. The molecule has 1 N–H and O–H groups in total. The number of ether oxygens (including phenoxy) is 1. The van der Waals surface area contributed by atoms with Crippen LogP contribution in [0.3, 0.4) is 0 Å². The predicted octanol–water partition coefficient (Wildman–Crippen LogP) is 2.38. The van der Waals surface area contributed by atoms with Crippen molar-refractivity contribution in [1.29, 1.82) is 0 Å². The number of carbonyl (C=O) groups is 2. The summed E-state index contributed by atoms with van der Waals surface area (Å²) in [5.41, 5.74) is 1.87. The number of nitrogens with one attached hydrogen (secondary N) is 1. The van der Waals surface area contributed by atoms with Crippen LogP contribution in [0.4, 0.5) is 17.2 Å². The lowest BCUT2D eigenvalue weighted by molar-refractivity contribution is -0.385. The number of pyridine rings is 1. The van der Waals surface area contributed by atoms with Gasteiger partial charge in [-0.15, -0.1) is 0 Å². The average molecular weight is 439 g/mol. The molecule has 4 rings (SSSR count). The first-order valence-corrected chi connectivity index (χ1v) is 10.7. The largest absolute Gasteiger partial charge is 0.494 e. The molecule has 3 heterocycles. The Morgan fingerprint density at radius 1 is 1.16 bits per heavy atom. The molecule has 10 nitrogen and oxygen atoms in total. The summed E-state index contributed by atoms with van der Waals surface area (Å²) in [7, 11) is 0. The number of amides is 2. The standard InChI is InChI=1S/C22H25N5O5/c28-21-8-3-16-14-18(5-6-19(16)24-21)32-13-1-2-22(29)26-11-9-25(10-12-26)20-7-4-17(15-23-20)27(30)31/h4-7,14-15H,1-3,8-13H2,(H,24,28). The second-order valence-corrected chi connectivity index (χ2v) is 7.82. The minimum Gasteiger partial charge on any atom is -0.494 e. The minimum absolute atomic E-state index is 0.0352. The SMILES string of the molecule is O=C1CCc2cc(OCCCC(=O)N3CCN(c4ccc([N+](=O)[O-])cn4)CC3)ccc2N1. The van der Waals surface area contributed by atoms with Gasteiger partial charge in [0.25, 0.3) is 5.69 Å². The normalized spacial score (nSPS) is 15.7. The van der Waals surface area contributed by atoms with Crippen molar-refractivity contribution in [2.45, 2.75) is 25.7 Å². The van der Waals surface area contributed by atoms with Crippen LogP contribution in [0.15, 0.2) is 36.5 Å². The lowest BCUT2D eigenvalue weighted by atomic mass is 10.0. The Bertz CT molecular complexity index is 1000. The maximum absolute atomic E-state index is 12.5. The fourth-order valence-electron chi connectivity index (χ4n) is 3.88. The summed E-state index contributed by atoms with van der Waals surface area (Å²) in [4.78, 5) is 42.2. The molecule has 0 radical (unpaired) electrons. The van der Waals surface area contributed by atoms with E-state index in [1.807, 2.05) is 28.0 Å². The highest BCUT2D eigenvalue weighted by molar-refractivity contribution is 5.94. The number of aromatic nitrogens is 1. The lowest BCUT2D eigenvalue weighted by Crippen LogP contribution is -2.49. The van der Waals surface area contributed by atoms with Crippen LogP contribution < -0.4 is 15.0 Å². The molecule has 32 heavy (non-hydrogen) atoms. The molecule has 0 saturated carbocycles. The zero-order chi connectivity index (χ0) is 22.5. The summed E-state index contributed by atoms with van der Waals surface area (Å²) in [6.45, 7) is 2.91. The van der Waals surface area contributed by atoms with E-state index >= 15 is 0 Å². The van der Waals surface area contributed by atoms with Crippen molar-refractivity contribution < 1.29 is 19.2 Å². The summed E-state index contributed by atoms with van der Waals surface area (Å²) < 4.78 is 5.79. The molecular formula is C22H25N5O5. The smallest absolute Gasteiger partial charge is 0.287 e. The molecule has 2 aliphatic heterocycles. The third kappa shape index (κ3) is 5.13. The number of benzene rings is 1. The topological polar surface area (TPSA) is 118 Å². The van der Waals surface area contributed by atoms with Crippen LogP contribution in [0.25, 0.3) is 0 Å². The number of hydrogen-bond acceptors (Lipinski definition) is 7. The van der Waals surface area contributed by atoms with Crippen molar-refractivity contribution in [3.05, 3.63) is 52.2 Å². The minimum atomic E-state index is -0.470. The van der Waals surface area contributed by atoms with Crippen LogP contribution in [-0.4, -0.2) is 59.4 Å². The number of fused-ring (bicyclic) bond motifs is 1. The molecule has 0 bridgehead atoms. The van der Waals surface area contributed by atoms with Crippen LogP contribution in [0.1, 0.15) is 24.8 Å². The summed E-state index contributed by atoms with van der Waals surface area (Å²) in [5, 5.41) is 13.6. The van der Waals surface area contributed by atoms with Crippen LogP contribution in [0.5, 0.6) is 5.75 Å². The third-order valence-electron chi connectivity index (χ3n) is 5.68. The number of nitro groups is 1. The average Bonchev–Trinajstić information content (AvgIpc) is 2.82. The van der Waals surface area contributed by atoms with Crippen LogP contribution >= 0.6 is 0 Å². The highest BCUT2D eigenvalue weighted by atomic mass is 16.6. The highest BCUT2D eigenvalue weighted by Gasteiger charge is 2.22. The number of rotatable bonds is 7. The van der Waals surface area contributed by atoms with Crippen LogP contribution in [-0.2, 0) is 16.0 Å². The zero-order valence-corrected chi connectivity index (χ0v) is 17.7. The molecule has 0 atom stereocenters.